The van der Waals surface area contributed by atoms with E-state index >= 15 is 0 Å². The zero-order valence-corrected chi connectivity index (χ0v) is 18.6. The fraction of sp³-hybridized carbons (Fsp3) is 0.261. The molecule has 2 aromatic carbocycles. The summed E-state index contributed by atoms with van der Waals surface area (Å²) in [7, 11) is 1.33. The first-order valence-corrected chi connectivity index (χ1v) is 10.6. The number of methoxy groups -OCH3 is 1. The van der Waals surface area contributed by atoms with E-state index in [1.165, 1.54) is 24.9 Å². The lowest BCUT2D eigenvalue weighted by Crippen LogP contribution is -2.27. The van der Waals surface area contributed by atoms with Gasteiger partial charge in [-0.3, -0.25) is 9.59 Å². The first-order valence-electron chi connectivity index (χ1n) is 9.76. The zero-order valence-electron chi connectivity index (χ0n) is 17.8. The van der Waals surface area contributed by atoms with E-state index < -0.39 is 17.1 Å². The molecule has 31 heavy (non-hydrogen) atoms. The Labute approximate surface area is 184 Å². The van der Waals surface area contributed by atoms with Crippen molar-refractivity contribution in [3.8, 4) is 5.69 Å². The number of rotatable bonds is 7. The molecule has 0 fully saturated rings. The van der Waals surface area contributed by atoms with Crippen LogP contribution in [-0.4, -0.2) is 33.8 Å². The fourth-order valence-corrected chi connectivity index (χ4v) is 4.16. The Balaban J connectivity index is 1.76. The number of carbonyl (C=O) groups is 2. The van der Waals surface area contributed by atoms with E-state index in [0.717, 1.165) is 0 Å². The number of hydrogen-bond donors (Lipinski definition) is 1. The van der Waals surface area contributed by atoms with E-state index in [-0.39, 0.29) is 11.9 Å². The van der Waals surface area contributed by atoms with Gasteiger partial charge in [-0.2, -0.15) is 0 Å². The number of benzene rings is 2. The smallest absolute Gasteiger partial charge is 0.318 e. The van der Waals surface area contributed by atoms with E-state index in [2.05, 4.69) is 10.3 Å². The van der Waals surface area contributed by atoms with Gasteiger partial charge in [0.25, 0.3) is 5.91 Å². The van der Waals surface area contributed by atoms with Gasteiger partial charge in [-0.1, -0.05) is 18.2 Å². The second-order valence-corrected chi connectivity index (χ2v) is 8.41. The van der Waals surface area contributed by atoms with Gasteiger partial charge in [-0.15, -0.1) is 11.8 Å². The number of amides is 1. The summed E-state index contributed by atoms with van der Waals surface area (Å²) in [4.78, 5) is 29.4. The average Bonchev–Trinajstić information content (AvgIpc) is 3.18. The molecule has 162 valence electrons. The van der Waals surface area contributed by atoms with Crippen molar-refractivity contribution in [3.05, 3.63) is 77.6 Å². The van der Waals surface area contributed by atoms with Crippen LogP contribution in [0, 0.1) is 12.7 Å². The first kappa shape index (κ1) is 22.6. The van der Waals surface area contributed by atoms with E-state index in [1.807, 2.05) is 0 Å². The Hall–Kier alpha value is -3.13. The summed E-state index contributed by atoms with van der Waals surface area (Å²) in [5.41, 5.74) is 1.48. The van der Waals surface area contributed by atoms with Crippen LogP contribution in [0.15, 0.2) is 59.8 Å². The maximum atomic E-state index is 14.7. The zero-order chi connectivity index (χ0) is 22.5. The minimum Gasteiger partial charge on any atom is -0.468 e. The molecule has 0 spiro atoms. The van der Waals surface area contributed by atoms with Gasteiger partial charge in [0, 0.05) is 17.3 Å². The molecule has 1 heterocycles. The second kappa shape index (κ2) is 9.78. The molecule has 3 rings (SSSR count). The number of ether oxygens (including phenoxy) is 1. The lowest BCUT2D eigenvalue weighted by molar-refractivity contribution is -0.139. The highest BCUT2D eigenvalue weighted by Crippen LogP contribution is 2.28. The Morgan fingerprint density at radius 3 is 2.58 bits per heavy atom. The van der Waals surface area contributed by atoms with Crippen molar-refractivity contribution in [2.45, 2.75) is 37.0 Å². The number of hydrogen-bond acceptors (Lipinski definition) is 5. The van der Waals surface area contributed by atoms with Gasteiger partial charge in [-0.05, 0) is 50.6 Å². The van der Waals surface area contributed by atoms with Crippen LogP contribution < -0.4 is 5.32 Å². The summed E-state index contributed by atoms with van der Waals surface area (Å²) < 4.78 is 21.1. The van der Waals surface area contributed by atoms with Crippen LogP contribution in [0.3, 0.4) is 0 Å². The largest absolute Gasteiger partial charge is 0.468 e. The average molecular weight is 442 g/mol. The molecule has 0 saturated carbocycles. The lowest BCUT2D eigenvalue weighted by atomic mass is 10.1. The quantitative estimate of drug-likeness (QED) is 0.433. The van der Waals surface area contributed by atoms with Crippen molar-refractivity contribution in [2.75, 3.05) is 7.11 Å². The number of nitrogens with zero attached hydrogens (tertiary/aromatic N) is 2. The summed E-state index contributed by atoms with van der Waals surface area (Å²) in [5, 5.41) is 2.45. The van der Waals surface area contributed by atoms with Gasteiger partial charge >= 0.3 is 5.97 Å². The fourth-order valence-electron chi connectivity index (χ4n) is 3.14. The summed E-state index contributed by atoms with van der Waals surface area (Å²) >= 11 is 1.25. The molecule has 1 aromatic heterocycles. The molecule has 0 unspecified atom stereocenters. The highest BCUT2D eigenvalue weighted by molar-refractivity contribution is 8.00. The van der Waals surface area contributed by atoms with Crippen LogP contribution >= 0.6 is 11.8 Å². The summed E-state index contributed by atoms with van der Waals surface area (Å²) in [5.74, 6) is -0.384. The van der Waals surface area contributed by atoms with Crippen LogP contribution in [0.4, 0.5) is 4.39 Å². The van der Waals surface area contributed by atoms with E-state index in [4.69, 9.17) is 4.74 Å². The van der Waals surface area contributed by atoms with Crippen molar-refractivity contribution < 1.29 is 18.7 Å². The van der Waals surface area contributed by atoms with Gasteiger partial charge in [0.15, 0.2) is 0 Å². The molecular weight excluding hydrogens is 417 g/mol. The number of aromatic nitrogens is 2. The molecule has 0 aliphatic carbocycles. The Morgan fingerprint density at radius 1 is 1.19 bits per heavy atom. The van der Waals surface area contributed by atoms with Crippen molar-refractivity contribution in [1.82, 2.24) is 14.9 Å². The standard InChI is InChI=1S/C23H24FN3O3S/c1-14(17-9-10-20(19(24)13-17)27-12-11-25-16(27)3)26-22(28)18-7-5-6-8-21(18)31-15(2)23(29)30-4/h5-15H,1-4H3,(H,26,28)/t14-,15-/m1/s1. The van der Waals surface area contributed by atoms with E-state index in [0.29, 0.717) is 27.5 Å². The molecule has 6 nitrogen and oxygen atoms in total. The molecule has 0 aliphatic heterocycles. The molecule has 3 aromatic rings. The minimum absolute atomic E-state index is 0.303. The second-order valence-electron chi connectivity index (χ2n) is 7.03. The van der Waals surface area contributed by atoms with Crippen LogP contribution in [0.5, 0.6) is 0 Å². The van der Waals surface area contributed by atoms with Gasteiger partial charge in [0.2, 0.25) is 0 Å². The van der Waals surface area contributed by atoms with E-state index in [1.54, 1.807) is 74.1 Å². The maximum Gasteiger partial charge on any atom is 0.318 e. The highest BCUT2D eigenvalue weighted by atomic mass is 32.2. The number of carbonyl (C=O) groups excluding carboxylic acids is 2. The number of esters is 1. The molecule has 2 atom stereocenters. The number of thioether (sulfide) groups is 1. The van der Waals surface area contributed by atoms with Crippen molar-refractivity contribution in [2.24, 2.45) is 0 Å². The number of imidazole rings is 1. The summed E-state index contributed by atoms with van der Waals surface area (Å²) in [6.45, 7) is 5.31. The maximum absolute atomic E-state index is 14.7. The first-order chi connectivity index (χ1) is 14.8. The third-order valence-electron chi connectivity index (χ3n) is 4.87. The number of halogens is 1. The Kier molecular flexibility index (Phi) is 7.12. The molecule has 0 saturated heterocycles. The van der Waals surface area contributed by atoms with Gasteiger partial charge < -0.3 is 14.6 Å². The third kappa shape index (κ3) is 5.14. The molecule has 0 bridgehead atoms. The highest BCUT2D eigenvalue weighted by Gasteiger charge is 2.20. The summed E-state index contributed by atoms with van der Waals surface area (Å²) in [6.07, 6.45) is 3.31. The minimum atomic E-state index is -0.454. The number of nitrogens with one attached hydrogen (secondary N) is 1. The van der Waals surface area contributed by atoms with Crippen molar-refractivity contribution in [3.63, 3.8) is 0 Å². The van der Waals surface area contributed by atoms with Crippen LogP contribution in [0.1, 0.15) is 41.6 Å². The third-order valence-corrected chi connectivity index (χ3v) is 6.03. The SMILES string of the molecule is COC(=O)[C@@H](C)Sc1ccccc1C(=O)N[C@H](C)c1ccc(-n2ccnc2C)c(F)c1. The molecule has 1 amide bonds. The van der Waals surface area contributed by atoms with Crippen LogP contribution in [0.25, 0.3) is 5.69 Å². The normalized spacial score (nSPS) is 12.8. The van der Waals surface area contributed by atoms with Gasteiger partial charge in [-0.25, -0.2) is 9.37 Å². The molecule has 0 aliphatic rings. The molecule has 8 heteroatoms. The van der Waals surface area contributed by atoms with Crippen molar-refractivity contribution >= 4 is 23.6 Å². The summed E-state index contributed by atoms with van der Waals surface area (Å²) in [6, 6.07) is 11.5. The van der Waals surface area contributed by atoms with Gasteiger partial charge in [0.1, 0.15) is 16.9 Å². The Bertz CT molecular complexity index is 1100. The van der Waals surface area contributed by atoms with Crippen LogP contribution in [0.2, 0.25) is 0 Å². The number of aryl methyl sites for hydroxylation is 1. The molecule has 1 N–H and O–H groups in total. The van der Waals surface area contributed by atoms with Gasteiger partial charge in [0.05, 0.1) is 24.4 Å². The monoisotopic (exact) mass is 441 g/mol. The predicted octanol–water partition coefficient (Wildman–Crippen LogP) is 4.46. The predicted molar refractivity (Wildman–Crippen MR) is 118 cm³/mol. The molecule has 0 radical (unpaired) electrons. The van der Waals surface area contributed by atoms with E-state index in [9.17, 15) is 14.0 Å². The molecular formula is C23H24FN3O3S. The van der Waals surface area contributed by atoms with Crippen LogP contribution in [-0.2, 0) is 9.53 Å². The topological polar surface area (TPSA) is 73.2 Å². The Morgan fingerprint density at radius 2 is 1.94 bits per heavy atom. The lowest BCUT2D eigenvalue weighted by Gasteiger charge is -2.18. The van der Waals surface area contributed by atoms with Crippen molar-refractivity contribution in [1.29, 1.82) is 0 Å².